The van der Waals surface area contributed by atoms with E-state index in [1.165, 1.54) is 6.20 Å². The van der Waals surface area contributed by atoms with Crippen molar-refractivity contribution in [3.8, 4) is 5.88 Å². The molecule has 0 saturated carbocycles. The minimum Gasteiger partial charge on any atom is -0.465 e. The monoisotopic (exact) mass is 220 g/mol. The Morgan fingerprint density at radius 2 is 2.20 bits per heavy atom. The summed E-state index contributed by atoms with van der Waals surface area (Å²) in [6, 6.07) is 3.17. The van der Waals surface area contributed by atoms with Gasteiger partial charge in [-0.3, -0.25) is 0 Å². The van der Waals surface area contributed by atoms with Crippen LogP contribution < -0.4 is 10.5 Å². The van der Waals surface area contributed by atoms with Crippen molar-refractivity contribution in [1.29, 1.82) is 0 Å². The lowest BCUT2D eigenvalue weighted by atomic mass is 10.3. The van der Waals surface area contributed by atoms with Gasteiger partial charge in [0.05, 0.1) is 0 Å². The molecule has 1 heterocycles. The van der Waals surface area contributed by atoms with Crippen molar-refractivity contribution in [2.24, 2.45) is 5.73 Å². The van der Waals surface area contributed by atoms with Crippen LogP contribution in [0.3, 0.4) is 0 Å². The molecule has 0 amide bonds. The standard InChI is InChI=1S/C9H11F3N2O/c1-6(9(10,11)12)15-8-7(5-13)3-2-4-14-8/h2-4,6H,5,13H2,1H3. The SMILES string of the molecule is CC(Oc1ncccc1CN)C(F)(F)F. The molecule has 1 unspecified atom stereocenters. The Kier molecular flexibility index (Phi) is 3.52. The van der Waals surface area contributed by atoms with Crippen LogP contribution in [0.1, 0.15) is 12.5 Å². The van der Waals surface area contributed by atoms with Crippen LogP contribution in [-0.2, 0) is 6.54 Å². The fourth-order valence-corrected chi connectivity index (χ4v) is 0.920. The Labute approximate surface area is 85.1 Å². The summed E-state index contributed by atoms with van der Waals surface area (Å²) in [5.41, 5.74) is 5.79. The highest BCUT2D eigenvalue weighted by molar-refractivity contribution is 5.25. The predicted molar refractivity (Wildman–Crippen MR) is 48.3 cm³/mol. The number of hydrogen-bond acceptors (Lipinski definition) is 3. The van der Waals surface area contributed by atoms with Gasteiger partial charge in [-0.25, -0.2) is 4.98 Å². The van der Waals surface area contributed by atoms with Gasteiger partial charge in [-0.15, -0.1) is 0 Å². The second-order valence-electron chi connectivity index (χ2n) is 2.97. The maximum atomic E-state index is 12.2. The average molecular weight is 220 g/mol. The first kappa shape index (κ1) is 11.8. The van der Waals surface area contributed by atoms with E-state index >= 15 is 0 Å². The number of aromatic nitrogens is 1. The van der Waals surface area contributed by atoms with Crippen LogP contribution in [0.5, 0.6) is 5.88 Å². The van der Waals surface area contributed by atoms with Gasteiger partial charge in [0.2, 0.25) is 5.88 Å². The Hall–Kier alpha value is -1.30. The zero-order chi connectivity index (χ0) is 11.5. The first-order valence-corrected chi connectivity index (χ1v) is 4.32. The highest BCUT2D eigenvalue weighted by atomic mass is 19.4. The van der Waals surface area contributed by atoms with Gasteiger partial charge in [-0.05, 0) is 13.0 Å². The van der Waals surface area contributed by atoms with Gasteiger partial charge in [-0.2, -0.15) is 13.2 Å². The molecule has 0 aromatic carbocycles. The number of nitrogens with zero attached hydrogens (tertiary/aromatic N) is 1. The zero-order valence-corrected chi connectivity index (χ0v) is 8.08. The van der Waals surface area contributed by atoms with Crippen molar-refractivity contribution in [3.05, 3.63) is 23.9 Å². The van der Waals surface area contributed by atoms with E-state index in [4.69, 9.17) is 5.73 Å². The quantitative estimate of drug-likeness (QED) is 0.845. The minimum atomic E-state index is -4.40. The van der Waals surface area contributed by atoms with Crippen molar-refractivity contribution in [2.75, 3.05) is 0 Å². The fourth-order valence-electron chi connectivity index (χ4n) is 0.920. The lowest BCUT2D eigenvalue weighted by Gasteiger charge is -2.18. The maximum absolute atomic E-state index is 12.2. The molecule has 1 rings (SSSR count). The normalized spacial score (nSPS) is 13.7. The predicted octanol–water partition coefficient (Wildman–Crippen LogP) is 1.87. The first-order chi connectivity index (χ1) is 6.95. The molecule has 0 aliphatic heterocycles. The molecule has 0 aliphatic carbocycles. The molecule has 0 radical (unpaired) electrons. The molecule has 1 aromatic rings. The van der Waals surface area contributed by atoms with Gasteiger partial charge >= 0.3 is 6.18 Å². The number of pyridine rings is 1. The Morgan fingerprint density at radius 1 is 1.53 bits per heavy atom. The highest BCUT2D eigenvalue weighted by Crippen LogP contribution is 2.25. The second-order valence-corrected chi connectivity index (χ2v) is 2.97. The van der Waals surface area contributed by atoms with Crippen LogP contribution >= 0.6 is 0 Å². The van der Waals surface area contributed by atoms with Crippen molar-refractivity contribution in [1.82, 2.24) is 4.98 Å². The number of alkyl halides is 3. The molecule has 0 aliphatic rings. The van der Waals surface area contributed by atoms with Crippen molar-refractivity contribution >= 4 is 0 Å². The summed E-state index contributed by atoms with van der Waals surface area (Å²) < 4.78 is 41.2. The fraction of sp³-hybridized carbons (Fsp3) is 0.444. The molecule has 0 fully saturated rings. The molecule has 0 saturated heterocycles. The van der Waals surface area contributed by atoms with Gasteiger partial charge in [0.25, 0.3) is 0 Å². The zero-order valence-electron chi connectivity index (χ0n) is 8.08. The van der Waals surface area contributed by atoms with E-state index in [0.717, 1.165) is 6.92 Å². The lowest BCUT2D eigenvalue weighted by molar-refractivity contribution is -0.190. The molecule has 3 nitrogen and oxygen atoms in total. The maximum Gasteiger partial charge on any atom is 0.425 e. The van der Waals surface area contributed by atoms with Crippen molar-refractivity contribution in [3.63, 3.8) is 0 Å². The number of rotatable bonds is 3. The van der Waals surface area contributed by atoms with Crippen LogP contribution in [0.25, 0.3) is 0 Å². The van der Waals surface area contributed by atoms with Gasteiger partial charge in [0, 0.05) is 18.3 Å². The Morgan fingerprint density at radius 3 is 2.73 bits per heavy atom. The number of ether oxygens (including phenoxy) is 1. The summed E-state index contributed by atoms with van der Waals surface area (Å²) >= 11 is 0. The largest absolute Gasteiger partial charge is 0.465 e. The van der Waals surface area contributed by atoms with Gasteiger partial charge in [-0.1, -0.05) is 6.07 Å². The summed E-state index contributed by atoms with van der Waals surface area (Å²) in [4.78, 5) is 3.70. The third-order valence-electron chi connectivity index (χ3n) is 1.82. The minimum absolute atomic E-state index is 0.0650. The van der Waals surface area contributed by atoms with E-state index in [0.29, 0.717) is 5.56 Å². The number of nitrogens with two attached hydrogens (primary N) is 1. The molecular formula is C9H11F3N2O. The van der Waals surface area contributed by atoms with E-state index in [9.17, 15) is 13.2 Å². The van der Waals surface area contributed by atoms with Crippen LogP contribution in [0.2, 0.25) is 0 Å². The smallest absolute Gasteiger partial charge is 0.425 e. The number of halogens is 3. The topological polar surface area (TPSA) is 48.1 Å². The van der Waals surface area contributed by atoms with Gasteiger partial charge in [0.15, 0.2) is 6.10 Å². The van der Waals surface area contributed by atoms with Crippen molar-refractivity contribution in [2.45, 2.75) is 25.7 Å². The molecule has 15 heavy (non-hydrogen) atoms. The first-order valence-electron chi connectivity index (χ1n) is 4.32. The number of hydrogen-bond donors (Lipinski definition) is 1. The van der Waals surface area contributed by atoms with Crippen LogP contribution in [0.4, 0.5) is 13.2 Å². The summed E-state index contributed by atoms with van der Waals surface area (Å²) in [5.74, 6) is -0.0650. The third-order valence-corrected chi connectivity index (χ3v) is 1.82. The second kappa shape index (κ2) is 4.48. The molecule has 84 valence electrons. The average Bonchev–Trinajstić information content (AvgIpc) is 2.17. The molecule has 1 atom stereocenters. The molecule has 6 heteroatoms. The highest BCUT2D eigenvalue weighted by Gasteiger charge is 2.38. The molecular weight excluding hydrogens is 209 g/mol. The van der Waals surface area contributed by atoms with E-state index < -0.39 is 12.3 Å². The van der Waals surface area contributed by atoms with Gasteiger partial charge in [0.1, 0.15) is 0 Å². The third kappa shape index (κ3) is 3.09. The van der Waals surface area contributed by atoms with Crippen LogP contribution in [-0.4, -0.2) is 17.3 Å². The summed E-state index contributed by atoms with van der Waals surface area (Å²) in [7, 11) is 0. The van der Waals surface area contributed by atoms with Crippen LogP contribution in [0.15, 0.2) is 18.3 Å². The van der Waals surface area contributed by atoms with E-state index in [2.05, 4.69) is 9.72 Å². The Bertz CT molecular complexity index is 327. The van der Waals surface area contributed by atoms with Gasteiger partial charge < -0.3 is 10.5 Å². The Balaban J connectivity index is 2.80. The molecule has 1 aromatic heterocycles. The van der Waals surface area contributed by atoms with E-state index in [1.54, 1.807) is 12.1 Å². The summed E-state index contributed by atoms with van der Waals surface area (Å²) in [6.07, 6.45) is -4.93. The van der Waals surface area contributed by atoms with E-state index in [-0.39, 0.29) is 12.4 Å². The summed E-state index contributed by atoms with van der Waals surface area (Å²) in [6.45, 7) is 1.02. The molecule has 0 spiro atoms. The summed E-state index contributed by atoms with van der Waals surface area (Å²) in [5, 5.41) is 0. The lowest BCUT2D eigenvalue weighted by Crippen LogP contribution is -2.31. The van der Waals surface area contributed by atoms with Crippen LogP contribution in [0, 0.1) is 0 Å². The van der Waals surface area contributed by atoms with Crippen molar-refractivity contribution < 1.29 is 17.9 Å². The molecule has 0 bridgehead atoms. The molecule has 2 N–H and O–H groups in total. The van der Waals surface area contributed by atoms with E-state index in [1.807, 2.05) is 0 Å².